The van der Waals surface area contributed by atoms with Gasteiger partial charge < -0.3 is 25.0 Å². The predicted molar refractivity (Wildman–Crippen MR) is 143 cm³/mol. The van der Waals surface area contributed by atoms with Crippen molar-refractivity contribution >= 4 is 34.1 Å². The molecule has 0 unspecified atom stereocenters. The summed E-state index contributed by atoms with van der Waals surface area (Å²) in [5.74, 6) is -0.0225. The molecule has 3 atom stereocenters. The normalized spacial score (nSPS) is 23.3. The highest BCUT2D eigenvalue weighted by molar-refractivity contribution is 7.14. The second kappa shape index (κ2) is 11.1. The number of carbonyl (C=O) groups is 2. The molecule has 0 spiro atoms. The minimum absolute atomic E-state index is 0.0261. The van der Waals surface area contributed by atoms with Gasteiger partial charge in [0.15, 0.2) is 10.8 Å². The maximum atomic E-state index is 15.0. The molecule has 2 aromatic heterocycles. The van der Waals surface area contributed by atoms with Crippen LogP contribution in [-0.4, -0.2) is 66.8 Å². The number of amides is 2. The second-order valence-electron chi connectivity index (χ2n) is 9.66. The van der Waals surface area contributed by atoms with E-state index in [1.807, 2.05) is 37.4 Å². The van der Waals surface area contributed by atoms with E-state index in [0.29, 0.717) is 28.7 Å². The van der Waals surface area contributed by atoms with Crippen molar-refractivity contribution in [3.63, 3.8) is 0 Å². The van der Waals surface area contributed by atoms with Gasteiger partial charge in [-0.3, -0.25) is 9.59 Å². The van der Waals surface area contributed by atoms with Gasteiger partial charge in [-0.2, -0.15) is 0 Å². The van der Waals surface area contributed by atoms with Crippen molar-refractivity contribution in [2.24, 2.45) is 0 Å². The molecule has 2 saturated heterocycles. The molecular formula is C27H30FN5O4S. The van der Waals surface area contributed by atoms with E-state index in [2.05, 4.69) is 20.5 Å². The Hall–Kier alpha value is -3.41. The molecule has 2 aliphatic heterocycles. The fourth-order valence-electron chi connectivity index (χ4n) is 4.69. The maximum absolute atomic E-state index is 15.0. The van der Waals surface area contributed by atoms with Gasteiger partial charge in [0.2, 0.25) is 5.91 Å². The molecule has 0 saturated carbocycles. The van der Waals surface area contributed by atoms with Crippen molar-refractivity contribution in [2.45, 2.75) is 38.1 Å². The predicted octanol–water partition coefficient (Wildman–Crippen LogP) is 3.77. The van der Waals surface area contributed by atoms with E-state index >= 15 is 0 Å². The minimum atomic E-state index is -1.59. The molecule has 200 valence electrons. The van der Waals surface area contributed by atoms with E-state index in [0.717, 1.165) is 18.9 Å². The van der Waals surface area contributed by atoms with Gasteiger partial charge >= 0.3 is 0 Å². The Labute approximate surface area is 224 Å². The van der Waals surface area contributed by atoms with Crippen LogP contribution >= 0.6 is 11.3 Å². The van der Waals surface area contributed by atoms with Crippen LogP contribution < -0.4 is 15.5 Å². The number of rotatable bonds is 7. The maximum Gasteiger partial charge on any atom is 0.251 e. The van der Waals surface area contributed by atoms with E-state index < -0.39 is 17.5 Å². The van der Waals surface area contributed by atoms with Gasteiger partial charge in [0.25, 0.3) is 5.91 Å². The van der Waals surface area contributed by atoms with E-state index in [-0.39, 0.29) is 37.3 Å². The molecule has 4 heterocycles. The number of aromatic nitrogens is 2. The van der Waals surface area contributed by atoms with Gasteiger partial charge in [0.1, 0.15) is 11.5 Å². The Morgan fingerprint density at radius 2 is 1.92 bits per heavy atom. The number of ether oxygens (including phenoxy) is 2. The van der Waals surface area contributed by atoms with Crippen LogP contribution in [0.25, 0.3) is 11.4 Å². The van der Waals surface area contributed by atoms with Crippen LogP contribution in [0.3, 0.4) is 0 Å². The first-order chi connectivity index (χ1) is 18.3. The summed E-state index contributed by atoms with van der Waals surface area (Å²) in [4.78, 5) is 36.5. The first-order valence-electron chi connectivity index (χ1n) is 12.6. The largest absolute Gasteiger partial charge is 0.378 e. The molecule has 2 aliphatic rings. The lowest BCUT2D eigenvalue weighted by Gasteiger charge is -2.36. The summed E-state index contributed by atoms with van der Waals surface area (Å²) in [6.45, 7) is 5.69. The zero-order valence-electron chi connectivity index (χ0n) is 21.3. The standard InChI is InChI=1S/C27H30FN5O4S/c1-17-13-33(14-18(2)37-17)23-8-4-7-21(30-23)22-15-38-26(31-22)32-24(34)12-29-25(35)19-5-3-6-20(11-19)27(28)9-10-36-16-27/h3-8,11,15,17-18H,9-10,12-14,16H2,1-2H3,(H,29,35)(H,31,32,34)/t17-,18+,27-/m1/s1. The lowest BCUT2D eigenvalue weighted by Crippen LogP contribution is -2.45. The van der Waals surface area contributed by atoms with Crippen LogP contribution in [0.15, 0.2) is 47.8 Å². The Morgan fingerprint density at radius 3 is 2.68 bits per heavy atom. The first kappa shape index (κ1) is 26.2. The van der Waals surface area contributed by atoms with Gasteiger partial charge in [-0.1, -0.05) is 18.2 Å². The number of pyridine rings is 1. The van der Waals surface area contributed by atoms with Crippen LogP contribution in [0.2, 0.25) is 0 Å². The fourth-order valence-corrected chi connectivity index (χ4v) is 5.41. The quantitative estimate of drug-likeness (QED) is 0.471. The van der Waals surface area contributed by atoms with Crippen molar-refractivity contribution in [2.75, 3.05) is 43.1 Å². The van der Waals surface area contributed by atoms with Crippen molar-refractivity contribution in [3.05, 3.63) is 59.0 Å². The molecule has 0 aliphatic carbocycles. The number of halogens is 1. The highest BCUT2D eigenvalue weighted by Crippen LogP contribution is 2.35. The number of morpholine rings is 1. The minimum Gasteiger partial charge on any atom is -0.378 e. The van der Waals surface area contributed by atoms with E-state index in [1.54, 1.807) is 18.2 Å². The zero-order valence-corrected chi connectivity index (χ0v) is 22.1. The Bertz CT molecular complexity index is 1300. The molecule has 1 aromatic carbocycles. The number of carbonyl (C=O) groups excluding carboxylic acids is 2. The molecule has 0 radical (unpaired) electrons. The van der Waals surface area contributed by atoms with Crippen molar-refractivity contribution in [3.8, 4) is 11.4 Å². The summed E-state index contributed by atoms with van der Waals surface area (Å²) in [6, 6.07) is 12.2. The van der Waals surface area contributed by atoms with Gasteiger partial charge in [0.05, 0.1) is 37.7 Å². The van der Waals surface area contributed by atoms with Crippen molar-refractivity contribution in [1.82, 2.24) is 15.3 Å². The third kappa shape index (κ3) is 6.01. The number of hydrogen-bond donors (Lipinski definition) is 2. The van der Waals surface area contributed by atoms with Gasteiger partial charge in [-0.05, 0) is 43.7 Å². The van der Waals surface area contributed by atoms with E-state index in [4.69, 9.17) is 14.5 Å². The molecule has 9 nitrogen and oxygen atoms in total. The summed E-state index contributed by atoms with van der Waals surface area (Å²) in [5.41, 5.74) is 0.448. The molecule has 11 heteroatoms. The highest BCUT2D eigenvalue weighted by Gasteiger charge is 2.37. The third-order valence-electron chi connectivity index (χ3n) is 6.52. The van der Waals surface area contributed by atoms with Crippen LogP contribution in [0, 0.1) is 0 Å². The Kier molecular flexibility index (Phi) is 7.68. The van der Waals surface area contributed by atoms with Crippen LogP contribution in [0.5, 0.6) is 0 Å². The number of alkyl halides is 1. The summed E-state index contributed by atoms with van der Waals surface area (Å²) in [7, 11) is 0. The second-order valence-corrected chi connectivity index (χ2v) is 10.5. The summed E-state index contributed by atoms with van der Waals surface area (Å²) < 4.78 is 26.0. The van der Waals surface area contributed by atoms with Crippen molar-refractivity contribution < 1.29 is 23.5 Å². The molecule has 3 aromatic rings. The van der Waals surface area contributed by atoms with Crippen LogP contribution in [-0.2, 0) is 19.9 Å². The topological polar surface area (TPSA) is 106 Å². The highest BCUT2D eigenvalue weighted by atomic mass is 32.1. The SMILES string of the molecule is C[C@@H]1CN(c2cccc(-c3csc(NC(=O)CNC(=O)c4cccc([C@@]5(F)CCOC5)c4)n3)n2)C[C@H](C)O1. The molecule has 5 rings (SSSR count). The number of thiazole rings is 1. The van der Waals surface area contributed by atoms with Gasteiger partial charge in [-0.15, -0.1) is 11.3 Å². The molecule has 2 fully saturated rings. The number of nitrogens with zero attached hydrogens (tertiary/aromatic N) is 3. The van der Waals surface area contributed by atoms with Gasteiger partial charge in [-0.25, -0.2) is 14.4 Å². The van der Waals surface area contributed by atoms with Crippen LogP contribution in [0.4, 0.5) is 15.3 Å². The van der Waals surface area contributed by atoms with E-state index in [1.165, 1.54) is 17.4 Å². The smallest absolute Gasteiger partial charge is 0.251 e. The Balaban J connectivity index is 1.17. The number of anilines is 2. The molecule has 38 heavy (non-hydrogen) atoms. The number of benzene rings is 1. The van der Waals surface area contributed by atoms with Crippen molar-refractivity contribution in [1.29, 1.82) is 0 Å². The monoisotopic (exact) mass is 539 g/mol. The number of nitrogens with one attached hydrogen (secondary N) is 2. The summed E-state index contributed by atoms with van der Waals surface area (Å²) in [5, 5.41) is 7.53. The fraction of sp³-hybridized carbons (Fsp3) is 0.407. The average molecular weight is 540 g/mol. The lowest BCUT2D eigenvalue weighted by molar-refractivity contribution is -0.115. The van der Waals surface area contributed by atoms with E-state index in [9.17, 15) is 14.0 Å². The van der Waals surface area contributed by atoms with Crippen LogP contribution in [0.1, 0.15) is 36.2 Å². The summed E-state index contributed by atoms with van der Waals surface area (Å²) in [6.07, 6.45) is 0.496. The Morgan fingerprint density at radius 1 is 1.13 bits per heavy atom. The first-order valence-corrected chi connectivity index (χ1v) is 13.5. The summed E-state index contributed by atoms with van der Waals surface area (Å²) >= 11 is 1.28. The molecular weight excluding hydrogens is 509 g/mol. The molecule has 2 amide bonds. The lowest BCUT2D eigenvalue weighted by atomic mass is 9.93. The zero-order chi connectivity index (χ0) is 26.7. The third-order valence-corrected chi connectivity index (χ3v) is 7.27. The molecule has 2 N–H and O–H groups in total. The average Bonchev–Trinajstić information content (AvgIpc) is 3.57. The molecule has 0 bridgehead atoms. The van der Waals surface area contributed by atoms with Gasteiger partial charge in [0, 0.05) is 30.5 Å². The number of hydrogen-bond acceptors (Lipinski definition) is 8.